The van der Waals surface area contributed by atoms with Gasteiger partial charge >= 0.3 is 150 Å². The van der Waals surface area contributed by atoms with Crippen molar-refractivity contribution in [3.63, 3.8) is 0 Å². The molecule has 0 atom stereocenters. The van der Waals surface area contributed by atoms with Gasteiger partial charge in [0.25, 0.3) is 0 Å². The second-order valence-corrected chi connectivity index (χ2v) is 11.1. The molecule has 0 aromatic carbocycles. The van der Waals surface area contributed by atoms with E-state index in [0.29, 0.717) is 0 Å². The van der Waals surface area contributed by atoms with Gasteiger partial charge in [-0.2, -0.15) is 0 Å². The van der Waals surface area contributed by atoms with Crippen molar-refractivity contribution in [2.45, 2.75) is 91.1 Å². The topological polar surface area (TPSA) is 9.86 Å². The van der Waals surface area contributed by atoms with Gasteiger partial charge in [-0.05, 0) is 0 Å². The van der Waals surface area contributed by atoms with Gasteiger partial charge in [0.1, 0.15) is 0 Å². The summed E-state index contributed by atoms with van der Waals surface area (Å²) in [5.74, 6) is 0. The van der Waals surface area contributed by atoms with Gasteiger partial charge in [0.05, 0.1) is 0 Å². The Labute approximate surface area is 149 Å². The van der Waals surface area contributed by atoms with E-state index in [2.05, 4.69) is 63.1 Å². The Balaban J connectivity index is 3.73. The molecule has 0 aliphatic heterocycles. The maximum absolute atomic E-state index is 6.55. The number of nitrogens with zero attached hydrogens (tertiary/aromatic N) is 2. The minimum atomic E-state index is -1.74. The molecule has 5 heteroatoms. The average Bonchev–Trinajstić information content (AvgIpc) is 2.98. The number of halogens is 2. The summed E-state index contributed by atoms with van der Waals surface area (Å²) in [5, 5.41) is 0. The molecular weight excluding hydrogens is 410 g/mol. The molecule has 1 aromatic rings. The quantitative estimate of drug-likeness (QED) is 0.402. The number of imidazole rings is 1. The molecule has 136 valence electrons. The van der Waals surface area contributed by atoms with Crippen LogP contribution in [0.4, 0.5) is 0 Å². The zero-order chi connectivity index (χ0) is 17.0. The molecule has 0 fully saturated rings. The van der Waals surface area contributed by atoms with E-state index in [1.165, 1.54) is 0 Å². The first-order valence-electron chi connectivity index (χ1n) is 8.51. The van der Waals surface area contributed by atoms with E-state index >= 15 is 0 Å². The van der Waals surface area contributed by atoms with E-state index in [0.717, 1.165) is 42.4 Å². The second-order valence-electron chi connectivity index (χ2n) is 6.01. The molecule has 0 radical (unpaired) electrons. The van der Waals surface area contributed by atoms with Gasteiger partial charge in [-0.1, -0.05) is 0 Å². The molecule has 1 rings (SSSR count). The number of rotatable bonds is 8. The summed E-state index contributed by atoms with van der Waals surface area (Å²) in [5.41, 5.74) is 0.260. The maximum atomic E-state index is 6.55. The van der Waals surface area contributed by atoms with Crippen LogP contribution in [0.2, 0.25) is 0 Å². The summed E-state index contributed by atoms with van der Waals surface area (Å²) in [6.45, 7) is 13.6. The van der Waals surface area contributed by atoms with Crippen molar-refractivity contribution in [1.82, 2.24) is 9.13 Å². The molecule has 0 aliphatic carbocycles. The third-order valence-corrected chi connectivity index (χ3v) is 8.35. The molecule has 1 heterocycles. The first kappa shape index (κ1) is 20.5. The Bertz CT molecular complexity index is 476. The molecule has 0 saturated carbocycles. The Hall–Kier alpha value is 0.452. The molecule has 1 aromatic heterocycles. The first-order valence-corrected chi connectivity index (χ1v) is 13.3. The third kappa shape index (κ3) is 3.44. The van der Waals surface area contributed by atoms with Crippen molar-refractivity contribution in [3.05, 3.63) is 16.3 Å². The summed E-state index contributed by atoms with van der Waals surface area (Å²) in [4.78, 5) is 0. The van der Waals surface area contributed by atoms with Crippen LogP contribution in [0.5, 0.6) is 0 Å². The molecule has 22 heavy (non-hydrogen) atoms. The van der Waals surface area contributed by atoms with E-state index in [1.54, 1.807) is 0 Å². The fourth-order valence-corrected chi connectivity index (χ4v) is 6.58. The van der Waals surface area contributed by atoms with Crippen LogP contribution < -0.4 is 0 Å². The molecular formula is C17H32Cl2N2Pd-2. The van der Waals surface area contributed by atoms with Gasteiger partial charge in [0.2, 0.25) is 0 Å². The molecule has 2 nitrogen and oxygen atoms in total. The standard InChI is InChI=1S/C17H32N2.2ClH.Pd/c1-7-16(8-2,9-3)18-13-14-19(15-18)17(10-4,11-5)12-6;;;/h13-14H,7-12H2,1-6H3;2*1H;/p-2. The molecule has 0 spiro atoms. The second kappa shape index (κ2) is 8.52. The minimum absolute atomic E-state index is 0.130. The van der Waals surface area contributed by atoms with Gasteiger partial charge in [-0.15, -0.1) is 0 Å². The van der Waals surface area contributed by atoms with Crippen LogP contribution in [-0.4, -0.2) is 9.13 Å². The van der Waals surface area contributed by atoms with E-state index in [-0.39, 0.29) is 11.1 Å². The number of hydrogen-bond donors (Lipinski definition) is 0. The van der Waals surface area contributed by atoms with Gasteiger partial charge in [-0.3, -0.25) is 0 Å². The van der Waals surface area contributed by atoms with Crippen LogP contribution in [0.25, 0.3) is 0 Å². The zero-order valence-electron chi connectivity index (χ0n) is 14.9. The van der Waals surface area contributed by atoms with E-state index in [1.807, 2.05) is 0 Å². The summed E-state index contributed by atoms with van der Waals surface area (Å²) < 4.78 is 5.97. The van der Waals surface area contributed by atoms with Gasteiger partial charge in [0, 0.05) is 0 Å². The number of aromatic nitrogens is 2. The molecule has 0 N–H and O–H groups in total. The van der Waals surface area contributed by atoms with Gasteiger partial charge in [-0.25, -0.2) is 0 Å². The predicted octanol–water partition coefficient (Wildman–Crippen LogP) is 6.60. The number of hydrogen-bond acceptors (Lipinski definition) is 0. The predicted molar refractivity (Wildman–Crippen MR) is 95.1 cm³/mol. The molecule has 0 amide bonds. The van der Waals surface area contributed by atoms with Crippen LogP contribution in [0, 0.1) is 3.89 Å². The van der Waals surface area contributed by atoms with Crippen molar-refractivity contribution in [2.24, 2.45) is 0 Å². The average molecular weight is 442 g/mol. The van der Waals surface area contributed by atoms with Gasteiger partial charge in [0.15, 0.2) is 0 Å². The molecule has 0 saturated heterocycles. The van der Waals surface area contributed by atoms with Crippen LogP contribution in [-0.2, 0) is 25.3 Å². The normalized spacial score (nSPS) is 13.5. The van der Waals surface area contributed by atoms with E-state index in [9.17, 15) is 0 Å². The van der Waals surface area contributed by atoms with E-state index < -0.39 is 14.3 Å². The third-order valence-electron chi connectivity index (χ3n) is 5.81. The SMILES string of the molecule is CCC(CC)(CC)n1ccn(C(CC)(CC)CC)[c]1=[Pd-2]([Cl])[Cl]. The van der Waals surface area contributed by atoms with Crippen LogP contribution >= 0.6 is 19.1 Å². The van der Waals surface area contributed by atoms with Crippen LogP contribution in [0.3, 0.4) is 0 Å². The van der Waals surface area contributed by atoms with Crippen LogP contribution in [0.15, 0.2) is 12.4 Å². The summed E-state index contributed by atoms with van der Waals surface area (Å²) in [7, 11) is 13.1. The van der Waals surface area contributed by atoms with Crippen molar-refractivity contribution in [3.8, 4) is 0 Å². The van der Waals surface area contributed by atoms with Crippen LogP contribution in [0.1, 0.15) is 80.1 Å². The fourth-order valence-electron chi connectivity index (χ4n) is 3.68. The Morgan fingerprint density at radius 1 is 0.727 bits per heavy atom. The van der Waals surface area contributed by atoms with Gasteiger partial charge < -0.3 is 0 Å². The monoisotopic (exact) mass is 440 g/mol. The van der Waals surface area contributed by atoms with Crippen molar-refractivity contribution in [2.75, 3.05) is 0 Å². The fraction of sp³-hybridized carbons (Fsp3) is 0.824. The summed E-state index contributed by atoms with van der Waals surface area (Å²) in [6.07, 6.45) is 11.1. The Morgan fingerprint density at radius 2 is 1.00 bits per heavy atom. The molecule has 0 bridgehead atoms. The Morgan fingerprint density at radius 3 is 1.18 bits per heavy atom. The van der Waals surface area contributed by atoms with E-state index in [4.69, 9.17) is 19.1 Å². The zero-order valence-corrected chi connectivity index (χ0v) is 17.9. The summed E-state index contributed by atoms with van der Waals surface area (Å²) >= 11 is -1.74. The van der Waals surface area contributed by atoms with Crippen molar-refractivity contribution in [1.29, 1.82) is 0 Å². The molecule has 0 unspecified atom stereocenters. The van der Waals surface area contributed by atoms with Crippen molar-refractivity contribution >= 4 is 19.1 Å². The molecule has 0 aliphatic rings. The van der Waals surface area contributed by atoms with Crippen molar-refractivity contribution < 1.29 is 14.3 Å². The first-order chi connectivity index (χ1) is 10.4. The Kier molecular flexibility index (Phi) is 7.94. The summed E-state index contributed by atoms with van der Waals surface area (Å²) in [6, 6.07) is 0.